The van der Waals surface area contributed by atoms with Crippen molar-refractivity contribution in [3.63, 3.8) is 0 Å². The summed E-state index contributed by atoms with van der Waals surface area (Å²) in [6.45, 7) is 4.24. The molecule has 0 radical (unpaired) electrons. The lowest BCUT2D eigenvalue weighted by molar-refractivity contribution is 0.898. The fourth-order valence-electron chi connectivity index (χ4n) is 1.53. The molecular weight excluding hydrogens is 284 g/mol. The average molecular weight is 297 g/mol. The zero-order chi connectivity index (χ0) is 11.5. The maximum Gasteiger partial charge on any atom is 0.0590 e. The second-order valence-electron chi connectivity index (χ2n) is 3.69. The van der Waals surface area contributed by atoms with Gasteiger partial charge >= 0.3 is 0 Å². The Morgan fingerprint density at radius 1 is 1.44 bits per heavy atom. The van der Waals surface area contributed by atoms with E-state index in [4.69, 9.17) is 0 Å². The number of aromatic nitrogens is 1. The molecule has 2 nitrogen and oxygen atoms in total. The summed E-state index contributed by atoms with van der Waals surface area (Å²) in [5.41, 5.74) is 2.31. The minimum atomic E-state index is 0.289. The molecule has 0 aromatic carbocycles. The van der Waals surface area contributed by atoms with Gasteiger partial charge in [-0.3, -0.25) is 4.98 Å². The van der Waals surface area contributed by atoms with Crippen molar-refractivity contribution in [2.24, 2.45) is 0 Å². The first kappa shape index (κ1) is 11.6. The van der Waals surface area contributed by atoms with Crippen LogP contribution >= 0.6 is 27.3 Å². The van der Waals surface area contributed by atoms with Gasteiger partial charge in [0, 0.05) is 15.5 Å². The number of pyridine rings is 1. The number of hydrogen-bond donors (Lipinski definition) is 1. The summed E-state index contributed by atoms with van der Waals surface area (Å²) in [5.74, 6) is 0. The van der Waals surface area contributed by atoms with Gasteiger partial charge in [-0.05, 0) is 52.9 Å². The topological polar surface area (TPSA) is 24.9 Å². The zero-order valence-electron chi connectivity index (χ0n) is 9.20. The monoisotopic (exact) mass is 296 g/mol. The molecule has 2 aromatic heterocycles. The van der Waals surface area contributed by atoms with E-state index in [0.29, 0.717) is 0 Å². The molecule has 0 saturated heterocycles. The number of nitrogens with one attached hydrogen (secondary N) is 1. The van der Waals surface area contributed by atoms with Crippen LogP contribution in [0.1, 0.15) is 23.4 Å². The van der Waals surface area contributed by atoms with Gasteiger partial charge in [0.15, 0.2) is 0 Å². The number of nitrogens with zero attached hydrogens (tertiary/aromatic N) is 1. The van der Waals surface area contributed by atoms with Crippen LogP contribution in [0, 0.1) is 6.92 Å². The Bertz CT molecular complexity index is 481. The molecule has 2 heterocycles. The minimum absolute atomic E-state index is 0.289. The van der Waals surface area contributed by atoms with Gasteiger partial charge in [0.05, 0.1) is 17.9 Å². The first-order chi connectivity index (χ1) is 7.68. The van der Waals surface area contributed by atoms with Crippen LogP contribution in [0.25, 0.3) is 0 Å². The number of rotatable bonds is 3. The molecule has 1 N–H and O–H groups in total. The van der Waals surface area contributed by atoms with Crippen molar-refractivity contribution in [3.8, 4) is 0 Å². The Hall–Kier alpha value is -0.870. The van der Waals surface area contributed by atoms with Gasteiger partial charge in [0.25, 0.3) is 0 Å². The Balaban J connectivity index is 2.17. The number of aryl methyl sites for hydroxylation is 1. The van der Waals surface area contributed by atoms with Crippen LogP contribution in [0.3, 0.4) is 0 Å². The molecule has 2 aromatic rings. The van der Waals surface area contributed by atoms with Gasteiger partial charge in [-0.2, -0.15) is 0 Å². The van der Waals surface area contributed by atoms with Crippen molar-refractivity contribution in [1.82, 2.24) is 4.98 Å². The van der Waals surface area contributed by atoms with Crippen LogP contribution in [-0.2, 0) is 0 Å². The second-order valence-corrected chi connectivity index (χ2v) is 5.49. The fraction of sp³-hybridized carbons (Fsp3) is 0.250. The molecule has 16 heavy (non-hydrogen) atoms. The summed E-state index contributed by atoms with van der Waals surface area (Å²) in [4.78, 5) is 5.44. The van der Waals surface area contributed by atoms with Gasteiger partial charge < -0.3 is 5.32 Å². The third-order valence-corrected chi connectivity index (χ3v) is 4.50. The Kier molecular flexibility index (Phi) is 3.61. The van der Waals surface area contributed by atoms with E-state index in [1.54, 1.807) is 11.3 Å². The predicted octanol–water partition coefficient (Wildman–Crippen LogP) is 4.39. The van der Waals surface area contributed by atoms with Crippen molar-refractivity contribution in [1.29, 1.82) is 0 Å². The average Bonchev–Trinajstić information content (AvgIpc) is 2.68. The molecule has 4 heteroatoms. The lowest BCUT2D eigenvalue weighted by Gasteiger charge is -2.15. The van der Waals surface area contributed by atoms with Crippen molar-refractivity contribution >= 4 is 33.0 Å². The number of hydrogen-bond acceptors (Lipinski definition) is 3. The molecule has 0 spiro atoms. The van der Waals surface area contributed by atoms with Crippen LogP contribution in [0.5, 0.6) is 0 Å². The van der Waals surface area contributed by atoms with Crippen LogP contribution in [-0.4, -0.2) is 4.98 Å². The quantitative estimate of drug-likeness (QED) is 0.909. The van der Waals surface area contributed by atoms with Crippen molar-refractivity contribution in [2.75, 3.05) is 5.32 Å². The standard InChI is InChI=1S/C12H13BrN2S/c1-8-3-5-14-7-11(8)15-9(2)12-10(13)4-6-16-12/h3-7,9,15H,1-2H3. The van der Waals surface area contributed by atoms with E-state index in [1.807, 2.05) is 18.5 Å². The third kappa shape index (κ3) is 2.44. The molecule has 1 atom stereocenters. The second kappa shape index (κ2) is 4.97. The summed E-state index contributed by atoms with van der Waals surface area (Å²) in [7, 11) is 0. The SMILES string of the molecule is Cc1ccncc1NC(C)c1sccc1Br. The predicted molar refractivity (Wildman–Crippen MR) is 73.0 cm³/mol. The van der Waals surface area contributed by atoms with Crippen LogP contribution in [0.4, 0.5) is 5.69 Å². The lowest BCUT2D eigenvalue weighted by atomic mass is 10.2. The van der Waals surface area contributed by atoms with Crippen LogP contribution in [0.15, 0.2) is 34.4 Å². The van der Waals surface area contributed by atoms with Gasteiger partial charge in [0.2, 0.25) is 0 Å². The molecule has 0 saturated carbocycles. The van der Waals surface area contributed by atoms with E-state index in [-0.39, 0.29) is 6.04 Å². The summed E-state index contributed by atoms with van der Waals surface area (Å²) in [6, 6.07) is 4.38. The summed E-state index contributed by atoms with van der Waals surface area (Å²) >= 11 is 5.31. The summed E-state index contributed by atoms with van der Waals surface area (Å²) in [6.07, 6.45) is 3.68. The van der Waals surface area contributed by atoms with Crippen molar-refractivity contribution in [2.45, 2.75) is 19.9 Å². The smallest absolute Gasteiger partial charge is 0.0590 e. The van der Waals surface area contributed by atoms with Gasteiger partial charge in [-0.15, -0.1) is 11.3 Å². The number of halogens is 1. The van der Waals surface area contributed by atoms with E-state index in [2.05, 4.69) is 51.5 Å². The highest BCUT2D eigenvalue weighted by atomic mass is 79.9. The zero-order valence-corrected chi connectivity index (χ0v) is 11.6. The Labute approximate surface area is 108 Å². The minimum Gasteiger partial charge on any atom is -0.376 e. The highest BCUT2D eigenvalue weighted by Gasteiger charge is 2.11. The Morgan fingerprint density at radius 2 is 2.25 bits per heavy atom. The normalized spacial score (nSPS) is 12.4. The summed E-state index contributed by atoms with van der Waals surface area (Å²) < 4.78 is 1.17. The van der Waals surface area contributed by atoms with Crippen LogP contribution in [0.2, 0.25) is 0 Å². The number of anilines is 1. The highest BCUT2D eigenvalue weighted by molar-refractivity contribution is 9.10. The first-order valence-electron chi connectivity index (χ1n) is 5.08. The third-order valence-electron chi connectivity index (χ3n) is 2.45. The van der Waals surface area contributed by atoms with E-state index in [9.17, 15) is 0 Å². The molecule has 1 unspecified atom stereocenters. The van der Waals surface area contributed by atoms with Crippen LogP contribution < -0.4 is 5.32 Å². The van der Waals surface area contributed by atoms with E-state index >= 15 is 0 Å². The number of thiophene rings is 1. The highest BCUT2D eigenvalue weighted by Crippen LogP contribution is 2.31. The maximum atomic E-state index is 4.13. The molecule has 0 bridgehead atoms. The van der Waals surface area contributed by atoms with Crippen molar-refractivity contribution < 1.29 is 0 Å². The van der Waals surface area contributed by atoms with E-state index < -0.39 is 0 Å². The molecule has 0 aliphatic carbocycles. The molecule has 0 amide bonds. The largest absolute Gasteiger partial charge is 0.376 e. The molecule has 0 aliphatic heterocycles. The van der Waals surface area contributed by atoms with E-state index in [1.165, 1.54) is 14.9 Å². The Morgan fingerprint density at radius 3 is 2.88 bits per heavy atom. The summed E-state index contributed by atoms with van der Waals surface area (Å²) in [5, 5.41) is 5.56. The molecule has 0 aliphatic rings. The van der Waals surface area contributed by atoms with Gasteiger partial charge in [0.1, 0.15) is 0 Å². The fourth-order valence-corrected chi connectivity index (χ4v) is 3.25. The maximum absolute atomic E-state index is 4.13. The molecular formula is C12H13BrN2S. The van der Waals surface area contributed by atoms with Gasteiger partial charge in [-0.1, -0.05) is 0 Å². The first-order valence-corrected chi connectivity index (χ1v) is 6.76. The molecule has 2 rings (SSSR count). The lowest BCUT2D eigenvalue weighted by Crippen LogP contribution is -2.06. The molecule has 84 valence electrons. The van der Waals surface area contributed by atoms with E-state index in [0.717, 1.165) is 5.69 Å². The van der Waals surface area contributed by atoms with Gasteiger partial charge in [-0.25, -0.2) is 0 Å². The van der Waals surface area contributed by atoms with Crippen molar-refractivity contribution in [3.05, 3.63) is 44.8 Å². The molecule has 0 fully saturated rings.